The zero-order chi connectivity index (χ0) is 13.1. The second-order valence-electron chi connectivity index (χ2n) is 4.67. The number of halogens is 1. The molecule has 1 aromatic rings. The quantitative estimate of drug-likeness (QED) is 0.843. The van der Waals surface area contributed by atoms with E-state index in [1.807, 2.05) is 18.2 Å². The molecule has 0 N–H and O–H groups in total. The van der Waals surface area contributed by atoms with Gasteiger partial charge in [-0.05, 0) is 38.0 Å². The van der Waals surface area contributed by atoms with Crippen molar-refractivity contribution < 1.29 is 4.79 Å². The fourth-order valence-corrected chi connectivity index (χ4v) is 2.76. The van der Waals surface area contributed by atoms with E-state index in [9.17, 15) is 10.1 Å². The molecule has 1 saturated heterocycles. The highest BCUT2D eigenvalue weighted by atomic mass is 79.9. The Labute approximate surface area is 116 Å². The zero-order valence-electron chi connectivity index (χ0n) is 10.3. The van der Waals surface area contributed by atoms with Crippen molar-refractivity contribution >= 4 is 27.4 Å². The summed E-state index contributed by atoms with van der Waals surface area (Å²) in [6, 6.07) is 7.93. The fourth-order valence-electron chi connectivity index (χ4n) is 2.40. The van der Waals surface area contributed by atoms with Gasteiger partial charge in [0.1, 0.15) is 11.9 Å². The van der Waals surface area contributed by atoms with Crippen LogP contribution in [0.2, 0.25) is 0 Å². The number of carbonyl (C=O) groups excluding carboxylic acids is 1. The Hall–Kier alpha value is -1.34. The third-order valence-corrected chi connectivity index (χ3v) is 3.91. The van der Waals surface area contributed by atoms with E-state index in [1.165, 1.54) is 0 Å². The molecule has 0 spiro atoms. The number of Topliss-reactive ketones (excluding diaryl/α,β-unsaturated/α-hetero) is 1. The number of rotatable bonds is 2. The molecule has 18 heavy (non-hydrogen) atoms. The van der Waals surface area contributed by atoms with Crippen molar-refractivity contribution in [3.05, 3.63) is 28.2 Å². The van der Waals surface area contributed by atoms with Crippen molar-refractivity contribution in [3.63, 3.8) is 0 Å². The third-order valence-electron chi connectivity index (χ3n) is 3.42. The van der Waals surface area contributed by atoms with Gasteiger partial charge in [-0.1, -0.05) is 15.9 Å². The van der Waals surface area contributed by atoms with Crippen LogP contribution < -0.4 is 4.90 Å². The Morgan fingerprint density at radius 1 is 1.56 bits per heavy atom. The Morgan fingerprint density at radius 2 is 2.33 bits per heavy atom. The molecule has 94 valence electrons. The molecule has 1 aromatic carbocycles. The first-order chi connectivity index (χ1) is 8.61. The van der Waals surface area contributed by atoms with E-state index >= 15 is 0 Å². The van der Waals surface area contributed by atoms with Crippen LogP contribution in [0.25, 0.3) is 0 Å². The van der Waals surface area contributed by atoms with Gasteiger partial charge in [-0.2, -0.15) is 5.26 Å². The van der Waals surface area contributed by atoms with E-state index in [0.29, 0.717) is 5.56 Å². The normalized spacial score (nSPS) is 19.4. The van der Waals surface area contributed by atoms with Crippen LogP contribution in [0.1, 0.15) is 25.3 Å². The lowest BCUT2D eigenvalue weighted by Crippen LogP contribution is -2.38. The van der Waals surface area contributed by atoms with E-state index in [2.05, 4.69) is 26.9 Å². The summed E-state index contributed by atoms with van der Waals surface area (Å²) >= 11 is 3.37. The van der Waals surface area contributed by atoms with E-state index in [1.54, 1.807) is 6.92 Å². The zero-order valence-corrected chi connectivity index (χ0v) is 11.9. The maximum Gasteiger partial charge on any atom is 0.134 e. The summed E-state index contributed by atoms with van der Waals surface area (Å²) in [4.78, 5) is 13.6. The Balaban J connectivity index is 2.26. The van der Waals surface area contributed by atoms with Crippen LogP contribution in [0.3, 0.4) is 0 Å². The lowest BCUT2D eigenvalue weighted by atomic mass is 9.94. The number of hydrogen-bond acceptors (Lipinski definition) is 3. The molecule has 0 radical (unpaired) electrons. The molecule has 0 saturated carbocycles. The van der Waals surface area contributed by atoms with Crippen molar-refractivity contribution in [1.82, 2.24) is 0 Å². The monoisotopic (exact) mass is 306 g/mol. The van der Waals surface area contributed by atoms with Gasteiger partial charge in [-0.15, -0.1) is 0 Å². The fraction of sp³-hybridized carbons (Fsp3) is 0.429. The number of piperidine rings is 1. The standard InChI is InChI=1S/C14H15BrN2O/c1-10(18)11-3-2-6-17(9-11)14-5-4-13(15)7-12(14)8-16/h4-5,7,11H,2-3,6,9H2,1H3. The molecule has 4 heteroatoms. The van der Waals surface area contributed by atoms with Crippen LogP contribution >= 0.6 is 15.9 Å². The number of ketones is 1. The second-order valence-corrected chi connectivity index (χ2v) is 5.58. The number of nitrogens with zero attached hydrogens (tertiary/aromatic N) is 2. The molecular formula is C14H15BrN2O. The van der Waals surface area contributed by atoms with Gasteiger partial charge < -0.3 is 4.90 Å². The predicted molar refractivity (Wildman–Crippen MR) is 74.5 cm³/mol. The van der Waals surface area contributed by atoms with Crippen LogP contribution in [-0.4, -0.2) is 18.9 Å². The van der Waals surface area contributed by atoms with Crippen molar-refractivity contribution in [3.8, 4) is 6.07 Å². The first kappa shape index (κ1) is 13.1. The molecule has 1 heterocycles. The van der Waals surface area contributed by atoms with Gasteiger partial charge in [0, 0.05) is 23.5 Å². The molecule has 3 nitrogen and oxygen atoms in total. The molecule has 1 aliphatic heterocycles. The summed E-state index contributed by atoms with van der Waals surface area (Å²) in [5.74, 6) is 0.351. The first-order valence-electron chi connectivity index (χ1n) is 6.07. The number of carbonyl (C=O) groups is 1. The summed E-state index contributed by atoms with van der Waals surface area (Å²) in [6.07, 6.45) is 1.97. The molecule has 1 atom stereocenters. The minimum absolute atomic E-state index is 0.105. The molecule has 0 aliphatic carbocycles. The largest absolute Gasteiger partial charge is 0.370 e. The van der Waals surface area contributed by atoms with Crippen LogP contribution in [0, 0.1) is 17.2 Å². The van der Waals surface area contributed by atoms with Crippen molar-refractivity contribution in [2.45, 2.75) is 19.8 Å². The molecule has 0 bridgehead atoms. The second kappa shape index (κ2) is 5.53. The number of benzene rings is 1. The summed E-state index contributed by atoms with van der Waals surface area (Å²) in [6.45, 7) is 3.30. The van der Waals surface area contributed by atoms with E-state index in [0.717, 1.165) is 36.1 Å². The Bertz CT molecular complexity index is 507. The Morgan fingerprint density at radius 3 is 3.00 bits per heavy atom. The molecule has 1 fully saturated rings. The predicted octanol–water partition coefficient (Wildman–Crippen LogP) is 3.13. The highest BCUT2D eigenvalue weighted by Gasteiger charge is 2.24. The van der Waals surface area contributed by atoms with Crippen molar-refractivity contribution in [2.24, 2.45) is 5.92 Å². The molecular weight excluding hydrogens is 292 g/mol. The van der Waals surface area contributed by atoms with Gasteiger partial charge in [-0.3, -0.25) is 4.79 Å². The molecule has 2 rings (SSSR count). The van der Waals surface area contributed by atoms with Crippen molar-refractivity contribution in [1.29, 1.82) is 5.26 Å². The molecule has 0 aromatic heterocycles. The van der Waals surface area contributed by atoms with Crippen molar-refractivity contribution in [2.75, 3.05) is 18.0 Å². The molecule has 0 amide bonds. The van der Waals surface area contributed by atoms with Gasteiger partial charge in [0.05, 0.1) is 11.3 Å². The lowest BCUT2D eigenvalue weighted by molar-refractivity contribution is -0.120. The maximum atomic E-state index is 11.5. The highest BCUT2D eigenvalue weighted by molar-refractivity contribution is 9.10. The lowest BCUT2D eigenvalue weighted by Gasteiger charge is -2.33. The smallest absolute Gasteiger partial charge is 0.134 e. The van der Waals surface area contributed by atoms with E-state index in [4.69, 9.17) is 0 Å². The number of hydrogen-bond donors (Lipinski definition) is 0. The third kappa shape index (κ3) is 2.73. The summed E-state index contributed by atoms with van der Waals surface area (Å²) in [7, 11) is 0. The van der Waals surface area contributed by atoms with Crippen LogP contribution in [0.15, 0.2) is 22.7 Å². The minimum Gasteiger partial charge on any atom is -0.370 e. The Kier molecular flexibility index (Phi) is 4.03. The highest BCUT2D eigenvalue weighted by Crippen LogP contribution is 2.28. The van der Waals surface area contributed by atoms with Gasteiger partial charge in [0.2, 0.25) is 0 Å². The average Bonchev–Trinajstić information content (AvgIpc) is 2.38. The summed E-state index contributed by atoms with van der Waals surface area (Å²) < 4.78 is 0.905. The van der Waals surface area contributed by atoms with Gasteiger partial charge in [0.25, 0.3) is 0 Å². The minimum atomic E-state index is 0.105. The molecule has 1 aliphatic rings. The number of anilines is 1. The van der Waals surface area contributed by atoms with Gasteiger partial charge in [0.15, 0.2) is 0 Å². The van der Waals surface area contributed by atoms with Gasteiger partial charge >= 0.3 is 0 Å². The summed E-state index contributed by atoms with van der Waals surface area (Å²) in [5.41, 5.74) is 1.60. The summed E-state index contributed by atoms with van der Waals surface area (Å²) in [5, 5.41) is 9.18. The first-order valence-corrected chi connectivity index (χ1v) is 6.86. The molecule has 1 unspecified atom stereocenters. The van der Waals surface area contributed by atoms with E-state index in [-0.39, 0.29) is 11.7 Å². The topological polar surface area (TPSA) is 44.1 Å². The SMILES string of the molecule is CC(=O)C1CCCN(c2ccc(Br)cc2C#N)C1. The van der Waals surface area contributed by atoms with Crippen LogP contribution in [0.4, 0.5) is 5.69 Å². The maximum absolute atomic E-state index is 11.5. The van der Waals surface area contributed by atoms with E-state index < -0.39 is 0 Å². The van der Waals surface area contributed by atoms with Crippen LogP contribution in [-0.2, 0) is 4.79 Å². The average molecular weight is 307 g/mol. The number of nitriles is 1. The van der Waals surface area contributed by atoms with Crippen LogP contribution in [0.5, 0.6) is 0 Å². The van der Waals surface area contributed by atoms with Gasteiger partial charge in [-0.25, -0.2) is 0 Å².